The van der Waals surface area contributed by atoms with Crippen molar-refractivity contribution in [2.45, 2.75) is 20.3 Å². The van der Waals surface area contributed by atoms with Crippen molar-refractivity contribution in [1.82, 2.24) is 20.1 Å². The predicted octanol–water partition coefficient (Wildman–Crippen LogP) is 2.72. The quantitative estimate of drug-likeness (QED) is 0.639. The Morgan fingerprint density at radius 2 is 1.93 bits per heavy atom. The zero-order valence-electron chi connectivity index (χ0n) is 15.9. The molecule has 0 unspecified atom stereocenters. The van der Waals surface area contributed by atoms with E-state index in [9.17, 15) is 9.59 Å². The van der Waals surface area contributed by atoms with E-state index in [1.54, 1.807) is 49.0 Å². The summed E-state index contributed by atoms with van der Waals surface area (Å²) >= 11 is 0. The highest BCUT2D eigenvalue weighted by Gasteiger charge is 2.16. The van der Waals surface area contributed by atoms with E-state index in [1.807, 2.05) is 18.2 Å². The molecule has 0 saturated heterocycles. The Bertz CT molecular complexity index is 950. The van der Waals surface area contributed by atoms with Crippen LogP contribution < -0.4 is 5.32 Å². The van der Waals surface area contributed by atoms with Crippen LogP contribution in [0.3, 0.4) is 0 Å². The summed E-state index contributed by atoms with van der Waals surface area (Å²) in [6.45, 7) is 4.39. The van der Waals surface area contributed by atoms with Gasteiger partial charge in [0.25, 0.3) is 5.91 Å². The lowest BCUT2D eigenvalue weighted by molar-refractivity contribution is 0.0525. The minimum absolute atomic E-state index is 0.146. The molecule has 0 fully saturated rings. The molecule has 0 atom stereocenters. The van der Waals surface area contributed by atoms with Crippen molar-refractivity contribution < 1.29 is 14.3 Å². The molecule has 0 bridgehead atoms. The number of aromatic nitrogens is 3. The van der Waals surface area contributed by atoms with Crippen LogP contribution in [0.5, 0.6) is 0 Å². The first-order chi connectivity index (χ1) is 13.6. The third-order valence-corrected chi connectivity index (χ3v) is 4.27. The van der Waals surface area contributed by atoms with Crippen molar-refractivity contribution >= 4 is 11.9 Å². The third kappa shape index (κ3) is 4.43. The molecule has 0 saturated carbocycles. The maximum Gasteiger partial charge on any atom is 0.341 e. The van der Waals surface area contributed by atoms with Gasteiger partial charge in [0.1, 0.15) is 5.56 Å². The second kappa shape index (κ2) is 8.94. The summed E-state index contributed by atoms with van der Waals surface area (Å²) in [6.07, 6.45) is 3.90. The molecular weight excluding hydrogens is 356 g/mol. The molecule has 1 N–H and O–H groups in total. The van der Waals surface area contributed by atoms with E-state index < -0.39 is 5.97 Å². The highest BCUT2D eigenvalue weighted by Crippen LogP contribution is 2.16. The van der Waals surface area contributed by atoms with Gasteiger partial charge in [-0.05, 0) is 50.2 Å². The van der Waals surface area contributed by atoms with Crippen LogP contribution in [0.2, 0.25) is 0 Å². The lowest BCUT2D eigenvalue weighted by Crippen LogP contribution is -2.25. The molecule has 0 aliphatic rings. The zero-order chi connectivity index (χ0) is 19.9. The van der Waals surface area contributed by atoms with Gasteiger partial charge in [0, 0.05) is 30.4 Å². The summed E-state index contributed by atoms with van der Waals surface area (Å²) in [6, 6.07) is 12.8. The summed E-state index contributed by atoms with van der Waals surface area (Å²) in [5.74, 6) is -0.540. The molecular formula is C21H22N4O3. The lowest BCUT2D eigenvalue weighted by atomic mass is 10.2. The van der Waals surface area contributed by atoms with Gasteiger partial charge in [0.05, 0.1) is 24.2 Å². The highest BCUT2D eigenvalue weighted by molar-refractivity contribution is 5.94. The molecule has 2 aromatic heterocycles. The molecule has 7 heteroatoms. The Morgan fingerprint density at radius 1 is 1.14 bits per heavy atom. The topological polar surface area (TPSA) is 86.1 Å². The number of nitrogens with zero attached hydrogens (tertiary/aromatic N) is 3. The fraction of sp³-hybridized carbons (Fsp3) is 0.238. The number of amides is 1. The van der Waals surface area contributed by atoms with Crippen LogP contribution in [0.4, 0.5) is 0 Å². The van der Waals surface area contributed by atoms with Gasteiger partial charge in [-0.1, -0.05) is 6.07 Å². The second-order valence-electron chi connectivity index (χ2n) is 6.15. The van der Waals surface area contributed by atoms with Crippen LogP contribution in [0.25, 0.3) is 5.69 Å². The number of hydrogen-bond acceptors (Lipinski definition) is 5. The molecule has 0 spiro atoms. The van der Waals surface area contributed by atoms with Gasteiger partial charge in [-0.15, -0.1) is 0 Å². The molecule has 0 radical (unpaired) electrons. The number of carbonyl (C=O) groups is 2. The van der Waals surface area contributed by atoms with Gasteiger partial charge in [-0.25, -0.2) is 9.48 Å². The summed E-state index contributed by atoms with van der Waals surface area (Å²) < 4.78 is 6.68. The van der Waals surface area contributed by atoms with Crippen molar-refractivity contribution in [2.24, 2.45) is 0 Å². The van der Waals surface area contributed by atoms with Gasteiger partial charge in [-0.3, -0.25) is 9.78 Å². The highest BCUT2D eigenvalue weighted by atomic mass is 16.5. The summed E-state index contributed by atoms with van der Waals surface area (Å²) in [5, 5.41) is 7.14. The Morgan fingerprint density at radius 3 is 2.61 bits per heavy atom. The Labute approximate surface area is 163 Å². The summed E-state index contributed by atoms with van der Waals surface area (Å²) in [7, 11) is 0. The number of ether oxygens (including phenoxy) is 1. The predicted molar refractivity (Wildman–Crippen MR) is 105 cm³/mol. The molecule has 1 amide bonds. The number of carbonyl (C=O) groups excluding carboxylic acids is 2. The Kier molecular flexibility index (Phi) is 6.16. The van der Waals surface area contributed by atoms with Crippen LogP contribution in [0.1, 0.15) is 39.0 Å². The average Bonchev–Trinajstić information content (AvgIpc) is 3.10. The fourth-order valence-electron chi connectivity index (χ4n) is 2.79. The third-order valence-electron chi connectivity index (χ3n) is 4.27. The number of pyridine rings is 1. The summed E-state index contributed by atoms with van der Waals surface area (Å²) in [4.78, 5) is 28.5. The fourth-order valence-corrected chi connectivity index (χ4v) is 2.79. The van der Waals surface area contributed by atoms with E-state index in [1.165, 1.54) is 6.20 Å². The molecule has 0 aliphatic carbocycles. The van der Waals surface area contributed by atoms with E-state index in [4.69, 9.17) is 4.74 Å². The van der Waals surface area contributed by atoms with Crippen molar-refractivity contribution in [3.05, 3.63) is 77.4 Å². The van der Waals surface area contributed by atoms with Gasteiger partial charge < -0.3 is 10.1 Å². The van der Waals surface area contributed by atoms with Gasteiger partial charge >= 0.3 is 5.97 Å². The largest absolute Gasteiger partial charge is 0.462 e. The molecule has 3 aromatic rings. The number of benzene rings is 1. The molecule has 28 heavy (non-hydrogen) atoms. The second-order valence-corrected chi connectivity index (χ2v) is 6.15. The van der Waals surface area contributed by atoms with Gasteiger partial charge in [0.2, 0.25) is 0 Å². The number of rotatable bonds is 7. The maximum atomic E-state index is 12.3. The maximum absolute atomic E-state index is 12.3. The molecule has 144 valence electrons. The number of esters is 1. The smallest absolute Gasteiger partial charge is 0.341 e. The normalized spacial score (nSPS) is 10.5. The van der Waals surface area contributed by atoms with Crippen LogP contribution in [-0.2, 0) is 11.2 Å². The van der Waals surface area contributed by atoms with E-state index in [-0.39, 0.29) is 5.91 Å². The standard InChI is InChI=1S/C21H22N4O3/c1-3-28-21(27)19-14-24-25(15(19)2)18-9-7-16(8-10-18)20(26)23-13-11-17-6-4-5-12-22-17/h4-10,12,14H,3,11,13H2,1-2H3,(H,23,26). The summed E-state index contributed by atoms with van der Waals surface area (Å²) in [5.41, 5.74) is 3.37. The van der Waals surface area contributed by atoms with Gasteiger partial charge in [0.15, 0.2) is 0 Å². The minimum Gasteiger partial charge on any atom is -0.462 e. The van der Waals surface area contributed by atoms with Crippen molar-refractivity contribution in [1.29, 1.82) is 0 Å². The minimum atomic E-state index is -0.393. The molecule has 3 rings (SSSR count). The lowest BCUT2D eigenvalue weighted by Gasteiger charge is -2.08. The van der Waals surface area contributed by atoms with E-state index in [0.29, 0.717) is 36.4 Å². The molecule has 1 aromatic carbocycles. The van der Waals surface area contributed by atoms with Crippen molar-refractivity contribution in [3.63, 3.8) is 0 Å². The van der Waals surface area contributed by atoms with Crippen molar-refractivity contribution in [2.75, 3.05) is 13.2 Å². The molecule has 0 aliphatic heterocycles. The van der Waals surface area contributed by atoms with Crippen LogP contribution in [0, 0.1) is 6.92 Å². The molecule has 2 heterocycles. The Balaban J connectivity index is 1.63. The average molecular weight is 378 g/mol. The first kappa shape index (κ1) is 19.3. The first-order valence-corrected chi connectivity index (χ1v) is 9.10. The van der Waals surface area contributed by atoms with Crippen molar-refractivity contribution in [3.8, 4) is 5.69 Å². The first-order valence-electron chi connectivity index (χ1n) is 9.10. The molecule has 7 nitrogen and oxygen atoms in total. The van der Waals surface area contributed by atoms with E-state index in [2.05, 4.69) is 15.4 Å². The van der Waals surface area contributed by atoms with E-state index in [0.717, 1.165) is 11.4 Å². The van der Waals surface area contributed by atoms with E-state index >= 15 is 0 Å². The number of hydrogen-bond donors (Lipinski definition) is 1. The van der Waals surface area contributed by atoms with Gasteiger partial charge in [-0.2, -0.15) is 5.10 Å². The Hall–Kier alpha value is -3.48. The van der Waals surface area contributed by atoms with Crippen LogP contribution in [0.15, 0.2) is 54.9 Å². The monoisotopic (exact) mass is 378 g/mol. The number of nitrogens with one attached hydrogen (secondary N) is 1. The zero-order valence-corrected chi connectivity index (χ0v) is 15.9. The SMILES string of the molecule is CCOC(=O)c1cnn(-c2ccc(C(=O)NCCc3ccccn3)cc2)c1C. The van der Waals surface area contributed by atoms with Crippen LogP contribution in [-0.4, -0.2) is 39.8 Å². The van der Waals surface area contributed by atoms with Crippen LogP contribution >= 0.6 is 0 Å².